The van der Waals surface area contributed by atoms with Crippen molar-refractivity contribution < 1.29 is 9.47 Å². The Hall–Kier alpha value is -0.810. The standard InChI is InChI=1S/C17H33N3O2/c1-16(2,3)12(21-7)10-19-15(18-6)20-13-11-8-9-22-14(11)17(13,4)5/h11-14H,8-10H2,1-7H3,(H2,18,19,20). The highest BCUT2D eigenvalue weighted by Gasteiger charge is 2.59. The minimum atomic E-state index is 0.0979. The van der Waals surface area contributed by atoms with Crippen LogP contribution < -0.4 is 10.6 Å². The van der Waals surface area contributed by atoms with Crippen molar-refractivity contribution in [1.29, 1.82) is 0 Å². The predicted octanol–water partition coefficient (Wildman–Crippen LogP) is 2.03. The van der Waals surface area contributed by atoms with Gasteiger partial charge in [0.05, 0.1) is 12.2 Å². The number of aliphatic imine (C=N–C) groups is 1. The van der Waals surface area contributed by atoms with E-state index in [1.54, 1.807) is 7.11 Å². The molecule has 4 unspecified atom stereocenters. The maximum atomic E-state index is 5.85. The molecule has 2 rings (SSSR count). The normalized spacial score (nSPS) is 32.1. The molecule has 0 bridgehead atoms. The second-order valence-electron chi connectivity index (χ2n) is 8.23. The van der Waals surface area contributed by atoms with Crippen molar-refractivity contribution in [3.05, 3.63) is 0 Å². The van der Waals surface area contributed by atoms with Gasteiger partial charge < -0.3 is 20.1 Å². The molecule has 0 aromatic rings. The summed E-state index contributed by atoms with van der Waals surface area (Å²) in [7, 11) is 3.59. The van der Waals surface area contributed by atoms with E-state index in [0.717, 1.165) is 25.5 Å². The van der Waals surface area contributed by atoms with Gasteiger partial charge in [-0.05, 0) is 11.8 Å². The molecule has 1 aliphatic heterocycles. The molecule has 0 aromatic carbocycles. The lowest BCUT2D eigenvalue weighted by Crippen LogP contribution is -2.68. The first kappa shape index (κ1) is 17.5. The van der Waals surface area contributed by atoms with Crippen LogP contribution >= 0.6 is 0 Å². The minimum Gasteiger partial charge on any atom is -0.379 e. The minimum absolute atomic E-state index is 0.0979. The summed E-state index contributed by atoms with van der Waals surface area (Å²) in [4.78, 5) is 4.38. The van der Waals surface area contributed by atoms with Gasteiger partial charge in [-0.1, -0.05) is 34.6 Å². The molecule has 0 spiro atoms. The summed E-state index contributed by atoms with van der Waals surface area (Å²) in [6, 6.07) is 0.418. The predicted molar refractivity (Wildman–Crippen MR) is 90.2 cm³/mol. The van der Waals surface area contributed by atoms with E-state index >= 15 is 0 Å². The number of hydrogen-bond donors (Lipinski definition) is 2. The van der Waals surface area contributed by atoms with Gasteiger partial charge in [0.2, 0.25) is 0 Å². The van der Waals surface area contributed by atoms with Crippen molar-refractivity contribution in [2.24, 2.45) is 21.7 Å². The number of nitrogens with zero attached hydrogens (tertiary/aromatic N) is 1. The summed E-state index contributed by atoms with van der Waals surface area (Å²) >= 11 is 0. The van der Waals surface area contributed by atoms with Gasteiger partial charge in [0.25, 0.3) is 0 Å². The first-order valence-corrected chi connectivity index (χ1v) is 8.33. The maximum absolute atomic E-state index is 5.85. The first-order chi connectivity index (χ1) is 10.2. The van der Waals surface area contributed by atoms with Crippen molar-refractivity contribution >= 4 is 5.96 Å². The Morgan fingerprint density at radius 2 is 2.09 bits per heavy atom. The van der Waals surface area contributed by atoms with Gasteiger partial charge in [-0.2, -0.15) is 0 Å². The fourth-order valence-corrected chi connectivity index (χ4v) is 3.89. The summed E-state index contributed by atoms with van der Waals surface area (Å²) in [5.74, 6) is 1.46. The molecule has 1 saturated heterocycles. The number of fused-ring (bicyclic) bond motifs is 1. The van der Waals surface area contributed by atoms with Crippen molar-refractivity contribution in [2.45, 2.75) is 59.3 Å². The fraction of sp³-hybridized carbons (Fsp3) is 0.941. The van der Waals surface area contributed by atoms with Gasteiger partial charge >= 0.3 is 0 Å². The Balaban J connectivity index is 1.91. The van der Waals surface area contributed by atoms with Crippen molar-refractivity contribution in [3.8, 4) is 0 Å². The van der Waals surface area contributed by atoms with Crippen molar-refractivity contribution in [3.63, 3.8) is 0 Å². The van der Waals surface area contributed by atoms with E-state index in [1.165, 1.54) is 0 Å². The van der Waals surface area contributed by atoms with E-state index < -0.39 is 0 Å². The van der Waals surface area contributed by atoms with Crippen LogP contribution in [0.3, 0.4) is 0 Å². The Morgan fingerprint density at radius 1 is 1.41 bits per heavy atom. The molecule has 5 heteroatoms. The summed E-state index contributed by atoms with van der Waals surface area (Å²) in [5, 5.41) is 7.02. The summed E-state index contributed by atoms with van der Waals surface area (Å²) in [5.41, 5.74) is 0.254. The average Bonchev–Trinajstić information content (AvgIpc) is 2.88. The number of nitrogens with one attached hydrogen (secondary N) is 2. The molecule has 128 valence electrons. The van der Waals surface area contributed by atoms with Crippen LogP contribution in [0.1, 0.15) is 41.0 Å². The molecule has 0 amide bonds. The molecule has 1 heterocycles. The molecule has 1 saturated carbocycles. The lowest BCUT2D eigenvalue weighted by Gasteiger charge is -2.55. The van der Waals surface area contributed by atoms with E-state index in [9.17, 15) is 0 Å². The molecule has 22 heavy (non-hydrogen) atoms. The molecular formula is C17H33N3O2. The zero-order valence-corrected chi connectivity index (χ0v) is 15.2. The molecule has 5 nitrogen and oxygen atoms in total. The second kappa shape index (κ2) is 6.36. The highest BCUT2D eigenvalue weighted by molar-refractivity contribution is 5.80. The molecule has 0 aromatic heterocycles. The Bertz CT molecular complexity index is 415. The van der Waals surface area contributed by atoms with Gasteiger partial charge in [-0.15, -0.1) is 0 Å². The zero-order chi connectivity index (χ0) is 16.5. The van der Waals surface area contributed by atoms with E-state index in [0.29, 0.717) is 18.1 Å². The lowest BCUT2D eigenvalue weighted by molar-refractivity contribution is -0.106. The molecule has 0 radical (unpaired) electrons. The van der Waals surface area contributed by atoms with Crippen molar-refractivity contribution in [1.82, 2.24) is 10.6 Å². The van der Waals surface area contributed by atoms with Crippen LogP contribution in [0.5, 0.6) is 0 Å². The molecular weight excluding hydrogens is 278 g/mol. The zero-order valence-electron chi connectivity index (χ0n) is 15.2. The number of rotatable bonds is 4. The fourth-order valence-electron chi connectivity index (χ4n) is 3.89. The molecule has 2 fully saturated rings. The second-order valence-corrected chi connectivity index (χ2v) is 8.23. The van der Waals surface area contributed by atoms with Crippen molar-refractivity contribution in [2.75, 3.05) is 27.3 Å². The highest BCUT2D eigenvalue weighted by atomic mass is 16.5. The number of methoxy groups -OCH3 is 1. The smallest absolute Gasteiger partial charge is 0.191 e. The van der Waals surface area contributed by atoms with Gasteiger partial charge in [0.1, 0.15) is 0 Å². The number of hydrogen-bond acceptors (Lipinski definition) is 3. The number of guanidine groups is 1. The Labute approximate surface area is 135 Å². The van der Waals surface area contributed by atoms with E-state index in [4.69, 9.17) is 9.47 Å². The number of ether oxygens (including phenoxy) is 2. The third-order valence-electron chi connectivity index (χ3n) is 5.32. The molecule has 4 atom stereocenters. The molecule has 2 N–H and O–H groups in total. The van der Waals surface area contributed by atoms with E-state index in [-0.39, 0.29) is 16.9 Å². The van der Waals surface area contributed by atoms with Gasteiger partial charge in [-0.25, -0.2) is 0 Å². The highest BCUT2D eigenvalue weighted by Crippen LogP contribution is 2.52. The average molecular weight is 311 g/mol. The quantitative estimate of drug-likeness (QED) is 0.616. The van der Waals surface area contributed by atoms with E-state index in [1.807, 2.05) is 7.05 Å². The van der Waals surface area contributed by atoms with Gasteiger partial charge in [0.15, 0.2) is 5.96 Å². The topological polar surface area (TPSA) is 54.9 Å². The van der Waals surface area contributed by atoms with Gasteiger partial charge in [0, 0.05) is 44.7 Å². The van der Waals surface area contributed by atoms with Crippen LogP contribution in [0.2, 0.25) is 0 Å². The maximum Gasteiger partial charge on any atom is 0.191 e. The summed E-state index contributed by atoms with van der Waals surface area (Å²) in [6.07, 6.45) is 1.68. The molecule has 1 aliphatic carbocycles. The summed E-state index contributed by atoms with van der Waals surface area (Å²) in [6.45, 7) is 12.8. The van der Waals surface area contributed by atoms with Gasteiger partial charge in [-0.3, -0.25) is 4.99 Å². The largest absolute Gasteiger partial charge is 0.379 e. The van der Waals surface area contributed by atoms with E-state index in [2.05, 4.69) is 50.2 Å². The third-order valence-corrected chi connectivity index (χ3v) is 5.32. The van der Waals surface area contributed by atoms with Crippen LogP contribution in [0.25, 0.3) is 0 Å². The van der Waals surface area contributed by atoms with Crippen LogP contribution in [-0.4, -0.2) is 51.5 Å². The SMILES string of the molecule is CN=C(NCC(OC)C(C)(C)C)NC1C2CCOC2C1(C)C. The van der Waals surface area contributed by atoms with Crippen LogP contribution in [-0.2, 0) is 9.47 Å². The lowest BCUT2D eigenvalue weighted by atomic mass is 9.57. The molecule has 2 aliphatic rings. The Morgan fingerprint density at radius 3 is 2.64 bits per heavy atom. The summed E-state index contributed by atoms with van der Waals surface area (Å²) < 4.78 is 11.5. The van der Waals surface area contributed by atoms with Crippen LogP contribution in [0.15, 0.2) is 4.99 Å². The third kappa shape index (κ3) is 3.25. The van der Waals surface area contributed by atoms with Crippen LogP contribution in [0, 0.1) is 16.7 Å². The Kier molecular flexibility index (Phi) is 5.07. The first-order valence-electron chi connectivity index (χ1n) is 8.33. The monoisotopic (exact) mass is 311 g/mol. The van der Waals surface area contributed by atoms with Crippen LogP contribution in [0.4, 0.5) is 0 Å².